The van der Waals surface area contributed by atoms with Crippen LogP contribution in [0.4, 0.5) is 0 Å². The lowest BCUT2D eigenvalue weighted by Gasteiger charge is -2.15. The molecule has 1 aromatic carbocycles. The van der Waals surface area contributed by atoms with Crippen molar-refractivity contribution >= 4 is 6.08 Å². The van der Waals surface area contributed by atoms with E-state index in [1.54, 1.807) is 0 Å². The van der Waals surface area contributed by atoms with Gasteiger partial charge in [-0.05, 0) is 11.6 Å². The summed E-state index contributed by atoms with van der Waals surface area (Å²) in [4.78, 5) is 2.15. The van der Waals surface area contributed by atoms with Gasteiger partial charge in [0.25, 0.3) is 0 Å². The van der Waals surface area contributed by atoms with Crippen molar-refractivity contribution in [2.75, 3.05) is 13.1 Å². The lowest BCUT2D eigenvalue weighted by atomic mass is 10.2. The second-order valence-electron chi connectivity index (χ2n) is 3.26. The van der Waals surface area contributed by atoms with Crippen LogP contribution in [0.1, 0.15) is 5.56 Å². The van der Waals surface area contributed by atoms with Gasteiger partial charge in [0, 0.05) is 19.3 Å². The zero-order valence-corrected chi connectivity index (χ0v) is 8.97. The standard InChI is InChI=1S/C14H17N/c1-3-11-15(12-4-2)13-10-14-8-6-5-7-9-14/h3-10,13H,1-2,11-12H2. The van der Waals surface area contributed by atoms with Crippen LogP contribution in [0, 0.1) is 0 Å². The van der Waals surface area contributed by atoms with Crippen molar-refractivity contribution < 1.29 is 0 Å². The van der Waals surface area contributed by atoms with Gasteiger partial charge >= 0.3 is 0 Å². The minimum atomic E-state index is 0.843. The SMILES string of the molecule is C=CCN(C=Cc1ccccc1)CC=C. The highest BCUT2D eigenvalue weighted by Crippen LogP contribution is 2.02. The molecule has 0 aliphatic rings. The Hall–Kier alpha value is -1.76. The molecule has 0 unspecified atom stereocenters. The van der Waals surface area contributed by atoms with Crippen LogP contribution >= 0.6 is 0 Å². The maximum Gasteiger partial charge on any atom is 0.0354 e. The average molecular weight is 199 g/mol. The number of nitrogens with zero attached hydrogens (tertiary/aromatic N) is 1. The van der Waals surface area contributed by atoms with Crippen molar-refractivity contribution in [3.8, 4) is 0 Å². The molecule has 0 atom stereocenters. The van der Waals surface area contributed by atoms with E-state index in [1.807, 2.05) is 30.4 Å². The van der Waals surface area contributed by atoms with Crippen molar-refractivity contribution in [2.24, 2.45) is 0 Å². The first-order chi connectivity index (χ1) is 7.36. The van der Waals surface area contributed by atoms with Gasteiger partial charge in [-0.1, -0.05) is 42.5 Å². The van der Waals surface area contributed by atoms with Crippen LogP contribution in [0.3, 0.4) is 0 Å². The quantitative estimate of drug-likeness (QED) is 0.635. The molecule has 0 aliphatic heterocycles. The number of hydrogen-bond acceptors (Lipinski definition) is 1. The molecule has 78 valence electrons. The summed E-state index contributed by atoms with van der Waals surface area (Å²) in [5, 5.41) is 0. The third-order valence-electron chi connectivity index (χ3n) is 2.00. The highest BCUT2D eigenvalue weighted by atomic mass is 15.1. The monoisotopic (exact) mass is 199 g/mol. The van der Waals surface area contributed by atoms with Crippen molar-refractivity contribution in [2.45, 2.75) is 0 Å². The molecule has 0 radical (unpaired) electrons. The molecule has 0 amide bonds. The molecular weight excluding hydrogens is 182 g/mol. The van der Waals surface area contributed by atoms with Gasteiger partial charge in [-0.3, -0.25) is 0 Å². The molecule has 0 saturated heterocycles. The molecule has 15 heavy (non-hydrogen) atoms. The summed E-state index contributed by atoms with van der Waals surface area (Å²) in [7, 11) is 0. The lowest BCUT2D eigenvalue weighted by Crippen LogP contribution is -2.16. The van der Waals surface area contributed by atoms with Crippen molar-refractivity contribution in [3.05, 3.63) is 67.4 Å². The third kappa shape index (κ3) is 4.32. The predicted octanol–water partition coefficient (Wildman–Crippen LogP) is 3.33. The summed E-state index contributed by atoms with van der Waals surface area (Å²) in [5.41, 5.74) is 1.20. The van der Waals surface area contributed by atoms with Crippen molar-refractivity contribution in [1.82, 2.24) is 4.90 Å². The Morgan fingerprint density at radius 2 is 1.60 bits per heavy atom. The molecular formula is C14H17N. The fraction of sp³-hybridized carbons (Fsp3) is 0.143. The Balaban J connectivity index is 2.60. The van der Waals surface area contributed by atoms with Gasteiger partial charge in [0.05, 0.1) is 0 Å². The van der Waals surface area contributed by atoms with Crippen LogP contribution < -0.4 is 0 Å². The highest BCUT2D eigenvalue weighted by Gasteiger charge is 1.91. The van der Waals surface area contributed by atoms with E-state index in [0.29, 0.717) is 0 Å². The second-order valence-corrected chi connectivity index (χ2v) is 3.26. The van der Waals surface area contributed by atoms with Gasteiger partial charge in [-0.15, -0.1) is 13.2 Å². The Morgan fingerprint density at radius 1 is 1.00 bits per heavy atom. The van der Waals surface area contributed by atoms with Gasteiger partial charge in [-0.25, -0.2) is 0 Å². The molecule has 0 N–H and O–H groups in total. The Labute approximate surface area is 92.0 Å². The predicted molar refractivity (Wildman–Crippen MR) is 67.4 cm³/mol. The van der Waals surface area contributed by atoms with Gasteiger partial charge in [0.1, 0.15) is 0 Å². The topological polar surface area (TPSA) is 3.24 Å². The summed E-state index contributed by atoms with van der Waals surface area (Å²) in [6.45, 7) is 9.14. The first kappa shape index (κ1) is 11.3. The molecule has 1 aromatic rings. The molecule has 0 aliphatic carbocycles. The van der Waals surface area contributed by atoms with E-state index in [9.17, 15) is 0 Å². The molecule has 1 heteroatoms. The van der Waals surface area contributed by atoms with E-state index in [-0.39, 0.29) is 0 Å². The highest BCUT2D eigenvalue weighted by molar-refractivity contribution is 5.48. The third-order valence-corrected chi connectivity index (χ3v) is 2.00. The van der Waals surface area contributed by atoms with E-state index in [2.05, 4.69) is 42.5 Å². The van der Waals surface area contributed by atoms with Gasteiger partial charge in [0.2, 0.25) is 0 Å². The Morgan fingerprint density at radius 3 is 2.13 bits per heavy atom. The summed E-state index contributed by atoms with van der Waals surface area (Å²) < 4.78 is 0. The molecule has 0 spiro atoms. The summed E-state index contributed by atoms with van der Waals surface area (Å²) in [6, 6.07) is 10.2. The van der Waals surface area contributed by atoms with Gasteiger partial charge in [-0.2, -0.15) is 0 Å². The smallest absolute Gasteiger partial charge is 0.0354 e. The molecule has 1 nitrogen and oxygen atoms in total. The maximum atomic E-state index is 3.73. The van der Waals surface area contributed by atoms with Crippen LogP contribution in [0.25, 0.3) is 6.08 Å². The summed E-state index contributed by atoms with van der Waals surface area (Å²) >= 11 is 0. The molecule has 0 bridgehead atoms. The molecule has 1 rings (SSSR count). The van der Waals surface area contributed by atoms with E-state index < -0.39 is 0 Å². The number of rotatable bonds is 6. The Bertz CT molecular complexity index is 314. The number of benzene rings is 1. The molecule has 0 fully saturated rings. The second kappa shape index (κ2) is 6.66. The molecule has 0 aromatic heterocycles. The lowest BCUT2D eigenvalue weighted by molar-refractivity contribution is 0.465. The van der Waals surface area contributed by atoms with E-state index in [4.69, 9.17) is 0 Å². The average Bonchev–Trinajstić information content (AvgIpc) is 2.28. The fourth-order valence-electron chi connectivity index (χ4n) is 1.28. The number of hydrogen-bond donors (Lipinski definition) is 0. The van der Waals surface area contributed by atoms with Gasteiger partial charge < -0.3 is 4.90 Å². The van der Waals surface area contributed by atoms with E-state index in [1.165, 1.54) is 5.56 Å². The summed E-state index contributed by atoms with van der Waals surface area (Å²) in [5.74, 6) is 0. The van der Waals surface area contributed by atoms with E-state index >= 15 is 0 Å². The van der Waals surface area contributed by atoms with Crippen molar-refractivity contribution in [3.63, 3.8) is 0 Å². The van der Waals surface area contributed by atoms with Crippen LogP contribution in [-0.4, -0.2) is 18.0 Å². The first-order valence-corrected chi connectivity index (χ1v) is 5.06. The largest absolute Gasteiger partial charge is 0.370 e. The minimum Gasteiger partial charge on any atom is -0.370 e. The maximum absolute atomic E-state index is 3.73. The zero-order valence-electron chi connectivity index (χ0n) is 8.97. The van der Waals surface area contributed by atoms with E-state index in [0.717, 1.165) is 13.1 Å². The van der Waals surface area contributed by atoms with Gasteiger partial charge in [0.15, 0.2) is 0 Å². The van der Waals surface area contributed by atoms with Crippen LogP contribution in [0.5, 0.6) is 0 Å². The fourth-order valence-corrected chi connectivity index (χ4v) is 1.28. The van der Waals surface area contributed by atoms with Crippen LogP contribution in [0.15, 0.2) is 61.8 Å². The normalized spacial score (nSPS) is 10.1. The minimum absolute atomic E-state index is 0.843. The first-order valence-electron chi connectivity index (χ1n) is 5.06. The molecule has 0 saturated carbocycles. The summed E-state index contributed by atoms with van der Waals surface area (Å²) in [6.07, 6.45) is 7.93. The van der Waals surface area contributed by atoms with Crippen LogP contribution in [-0.2, 0) is 0 Å². The van der Waals surface area contributed by atoms with Crippen molar-refractivity contribution in [1.29, 1.82) is 0 Å². The zero-order chi connectivity index (χ0) is 10.9. The Kier molecular flexibility index (Phi) is 5.02. The molecule has 0 heterocycles. The van der Waals surface area contributed by atoms with Crippen LogP contribution in [0.2, 0.25) is 0 Å².